The number of carbonyl (C=O) groups excluding carboxylic acids is 2. The molecule has 0 aliphatic heterocycles. The quantitative estimate of drug-likeness (QED) is 0.0834. The van der Waals surface area contributed by atoms with E-state index in [4.69, 9.17) is 32.7 Å². The first-order valence-corrected chi connectivity index (χ1v) is 19.0. The molecule has 0 fully saturated rings. The lowest BCUT2D eigenvalue weighted by molar-refractivity contribution is -0.595. The van der Waals surface area contributed by atoms with Gasteiger partial charge >= 0.3 is 17.3 Å². The molecular formula is C42H49Cl2N6O5+. The zero-order valence-electron chi connectivity index (χ0n) is 32.5. The summed E-state index contributed by atoms with van der Waals surface area (Å²) < 4.78 is 14.4. The summed E-state index contributed by atoms with van der Waals surface area (Å²) in [5, 5.41) is 11.7. The van der Waals surface area contributed by atoms with E-state index >= 15 is 0 Å². The third kappa shape index (κ3) is 9.17. The Kier molecular flexibility index (Phi) is 12.7. The summed E-state index contributed by atoms with van der Waals surface area (Å²) in [5.41, 5.74) is 2.75. The largest absolute Gasteiger partial charge is 0.497 e. The number of hydrogen-bond acceptors (Lipinski definition) is 5. The number of carbonyl (C=O) groups is 2. The Morgan fingerprint density at radius 1 is 0.836 bits per heavy atom. The van der Waals surface area contributed by atoms with Crippen LogP contribution in [0.15, 0.2) is 90.0 Å². The number of aromatic nitrogens is 3. The van der Waals surface area contributed by atoms with Crippen molar-refractivity contribution in [3.63, 3.8) is 0 Å². The third-order valence-electron chi connectivity index (χ3n) is 10.1. The number of halogens is 2. The average molecular weight is 789 g/mol. The summed E-state index contributed by atoms with van der Waals surface area (Å²) in [5.74, 6) is 0.858. The number of amides is 3. The highest BCUT2D eigenvalue weighted by Crippen LogP contribution is 2.39. The lowest BCUT2D eigenvalue weighted by Crippen LogP contribution is -2.37. The minimum atomic E-state index is -0.765. The molecule has 0 radical (unpaired) electrons. The monoisotopic (exact) mass is 787 g/mol. The fourth-order valence-electron chi connectivity index (χ4n) is 5.96. The Morgan fingerprint density at radius 3 is 2.07 bits per heavy atom. The summed E-state index contributed by atoms with van der Waals surface area (Å²) in [6, 6.07) is 20.8. The second-order valence-electron chi connectivity index (χ2n) is 14.5. The summed E-state index contributed by atoms with van der Waals surface area (Å²) in [4.78, 5) is 40.9. The zero-order chi connectivity index (χ0) is 40.1. The van der Waals surface area contributed by atoms with E-state index in [-0.39, 0.29) is 44.0 Å². The molecule has 3 aromatic carbocycles. The van der Waals surface area contributed by atoms with Crippen LogP contribution in [0.5, 0.6) is 11.5 Å². The fourth-order valence-corrected chi connectivity index (χ4v) is 6.60. The van der Waals surface area contributed by atoms with Crippen LogP contribution in [0.3, 0.4) is 0 Å². The highest BCUT2D eigenvalue weighted by atomic mass is 35.5. The maximum Gasteiger partial charge on any atom is 0.346 e. The number of urea groups is 1. The molecule has 0 aliphatic carbocycles. The maximum absolute atomic E-state index is 13.8. The molecule has 0 saturated heterocycles. The number of aromatic amines is 1. The Morgan fingerprint density at radius 2 is 1.47 bits per heavy atom. The van der Waals surface area contributed by atoms with Crippen LogP contribution in [0.2, 0.25) is 10.0 Å². The van der Waals surface area contributed by atoms with Crippen molar-refractivity contribution in [3.05, 3.63) is 117 Å². The molecular weight excluding hydrogens is 739 g/mol. The number of ether oxygens (including phenoxy) is 2. The first-order chi connectivity index (χ1) is 26.1. The third-order valence-corrected chi connectivity index (χ3v) is 10.7. The molecule has 290 valence electrons. The Bertz CT molecular complexity index is 2210. The highest BCUT2D eigenvalue weighted by Gasteiger charge is 2.30. The van der Waals surface area contributed by atoms with Crippen molar-refractivity contribution in [1.82, 2.24) is 9.78 Å². The van der Waals surface area contributed by atoms with Crippen LogP contribution in [-0.2, 0) is 15.6 Å². The SMILES string of the molecule is CCC(Oc1ccc(C(C)(C)CC)cc1C(C)(C)CC)C(=O)Nc1cccc(NC(=O)Nc2[nH]n(-c3c(Cl)cc(OC)cc3Cl)c(=O)c2-[n+]2ccccc2)c1. The van der Waals surface area contributed by atoms with Gasteiger partial charge in [0.2, 0.25) is 5.82 Å². The van der Waals surface area contributed by atoms with Crippen LogP contribution < -0.4 is 35.6 Å². The van der Waals surface area contributed by atoms with Crippen LogP contribution in [0.25, 0.3) is 11.4 Å². The van der Waals surface area contributed by atoms with Crippen molar-refractivity contribution < 1.29 is 23.6 Å². The minimum Gasteiger partial charge on any atom is -0.497 e. The fraction of sp³-hybridized carbons (Fsp3) is 0.333. The van der Waals surface area contributed by atoms with Crippen LogP contribution >= 0.6 is 23.2 Å². The van der Waals surface area contributed by atoms with E-state index in [1.807, 2.05) is 13.0 Å². The number of nitrogens with one attached hydrogen (secondary N) is 4. The van der Waals surface area contributed by atoms with E-state index in [2.05, 4.69) is 74.7 Å². The number of methoxy groups -OCH3 is 1. The molecule has 2 heterocycles. The van der Waals surface area contributed by atoms with Gasteiger partial charge in [-0.05, 0) is 59.9 Å². The molecule has 55 heavy (non-hydrogen) atoms. The molecule has 3 amide bonds. The molecule has 4 N–H and O–H groups in total. The van der Waals surface area contributed by atoms with Crippen molar-refractivity contribution in [3.8, 4) is 22.9 Å². The van der Waals surface area contributed by atoms with Crippen LogP contribution in [0.1, 0.15) is 78.9 Å². The summed E-state index contributed by atoms with van der Waals surface area (Å²) >= 11 is 13.1. The van der Waals surface area contributed by atoms with Gasteiger partial charge < -0.3 is 20.1 Å². The van der Waals surface area contributed by atoms with E-state index in [1.54, 1.807) is 59.4 Å². The Labute approximate surface area is 332 Å². The Hall–Kier alpha value is -5.26. The highest BCUT2D eigenvalue weighted by molar-refractivity contribution is 6.38. The molecule has 5 rings (SSSR count). The number of benzene rings is 3. The number of pyridine rings is 1. The number of nitrogens with zero attached hydrogens (tertiary/aromatic N) is 2. The molecule has 0 saturated carbocycles. The number of H-pyrrole nitrogens is 1. The van der Waals surface area contributed by atoms with Gasteiger partial charge in [-0.1, -0.05) is 95.9 Å². The molecule has 0 aliphatic rings. The van der Waals surface area contributed by atoms with Crippen LogP contribution in [0, 0.1) is 0 Å². The second-order valence-corrected chi connectivity index (χ2v) is 15.4. The molecule has 5 aromatic rings. The molecule has 1 atom stereocenters. The van der Waals surface area contributed by atoms with Crippen molar-refractivity contribution in [2.24, 2.45) is 0 Å². The van der Waals surface area contributed by atoms with Gasteiger partial charge in [0.1, 0.15) is 17.2 Å². The summed E-state index contributed by atoms with van der Waals surface area (Å²) in [6.45, 7) is 15.1. The van der Waals surface area contributed by atoms with Crippen molar-refractivity contribution in [1.29, 1.82) is 0 Å². The van der Waals surface area contributed by atoms with Gasteiger partial charge in [0.25, 0.3) is 5.91 Å². The smallest absolute Gasteiger partial charge is 0.346 e. The van der Waals surface area contributed by atoms with Crippen LogP contribution in [0.4, 0.5) is 22.0 Å². The molecule has 1 unspecified atom stereocenters. The van der Waals surface area contributed by atoms with Gasteiger partial charge in [0.05, 0.1) is 17.2 Å². The van der Waals surface area contributed by atoms with E-state index in [1.165, 1.54) is 24.8 Å². The molecule has 0 bridgehead atoms. The number of rotatable bonds is 14. The second kappa shape index (κ2) is 17.0. The van der Waals surface area contributed by atoms with E-state index < -0.39 is 17.7 Å². The normalized spacial score (nSPS) is 12.2. The maximum atomic E-state index is 13.8. The first kappa shape index (κ1) is 40.9. The number of anilines is 3. The van der Waals surface area contributed by atoms with Gasteiger partial charge in [-0.25, -0.2) is 9.48 Å². The molecule has 11 nitrogen and oxygen atoms in total. The predicted molar refractivity (Wildman–Crippen MR) is 220 cm³/mol. The zero-order valence-corrected chi connectivity index (χ0v) is 34.0. The van der Waals surface area contributed by atoms with Gasteiger partial charge in [-0.2, -0.15) is 4.57 Å². The lowest BCUT2D eigenvalue weighted by Gasteiger charge is -2.31. The van der Waals surface area contributed by atoms with E-state index in [0.717, 1.165) is 23.1 Å². The summed E-state index contributed by atoms with van der Waals surface area (Å²) in [7, 11) is 1.48. The van der Waals surface area contributed by atoms with E-state index in [0.29, 0.717) is 29.3 Å². The van der Waals surface area contributed by atoms with Gasteiger partial charge in [0.15, 0.2) is 18.5 Å². The minimum absolute atomic E-state index is 0.0000749. The molecule has 0 spiro atoms. The van der Waals surface area contributed by atoms with Crippen molar-refractivity contribution >= 4 is 52.3 Å². The number of hydrogen-bond donors (Lipinski definition) is 4. The van der Waals surface area contributed by atoms with Crippen molar-refractivity contribution in [2.75, 3.05) is 23.1 Å². The Balaban J connectivity index is 1.35. The van der Waals surface area contributed by atoms with Crippen molar-refractivity contribution in [2.45, 2.75) is 84.7 Å². The predicted octanol–water partition coefficient (Wildman–Crippen LogP) is 9.57. The van der Waals surface area contributed by atoms with E-state index in [9.17, 15) is 14.4 Å². The van der Waals surface area contributed by atoms with Gasteiger partial charge in [-0.15, -0.1) is 0 Å². The van der Waals surface area contributed by atoms with Crippen LogP contribution in [-0.4, -0.2) is 34.9 Å². The first-order valence-electron chi connectivity index (χ1n) is 18.3. The standard InChI is InChI=1S/C42H48Cl2N6O5/c1-9-33(55-34-19-18-26(41(4,5)10-2)22-30(34)42(6,7)11-3)38(51)45-27-16-15-17-28(23-27)46-40(53)47-37-36(49-20-13-12-14-21-49)39(52)50(48-37)35-31(43)24-29(54-8)25-32(35)44/h12-25,33H,9-11H2,1-8H3,(H3-,45,46,47,48,51,52,53)/p+1. The van der Waals surface area contributed by atoms with Gasteiger partial charge in [0, 0.05) is 41.2 Å². The topological polar surface area (TPSA) is 130 Å². The lowest BCUT2D eigenvalue weighted by atomic mass is 9.76. The summed E-state index contributed by atoms with van der Waals surface area (Å²) in [6.07, 6.45) is 4.90. The average Bonchev–Trinajstić information content (AvgIpc) is 3.47. The molecule has 2 aromatic heterocycles. The van der Waals surface area contributed by atoms with Gasteiger partial charge in [-0.3, -0.25) is 20.0 Å². The molecule has 13 heteroatoms.